The zero-order valence-electron chi connectivity index (χ0n) is 8.74. The molecule has 0 radical (unpaired) electrons. The predicted molar refractivity (Wildman–Crippen MR) is 57.9 cm³/mol. The molecule has 1 nitrogen and oxygen atoms in total. The lowest BCUT2D eigenvalue weighted by atomic mass is 10.1. The fourth-order valence-corrected chi connectivity index (χ4v) is 3.78. The van der Waals surface area contributed by atoms with Gasteiger partial charge >= 0.3 is 0 Å². The monoisotopic (exact) mass is 187 g/mol. The molecule has 12 heavy (non-hydrogen) atoms. The molecule has 1 N–H and O–H groups in total. The van der Waals surface area contributed by atoms with E-state index in [-0.39, 0.29) is 0 Å². The predicted octanol–water partition coefficient (Wildman–Crippen LogP) is 2.66. The smallest absolute Gasteiger partial charge is 0.0233 e. The molecule has 1 heterocycles. The highest BCUT2D eigenvalue weighted by molar-refractivity contribution is 8.01. The highest BCUT2D eigenvalue weighted by atomic mass is 32.2. The van der Waals surface area contributed by atoms with Crippen molar-refractivity contribution in [2.45, 2.75) is 50.0 Å². The summed E-state index contributed by atoms with van der Waals surface area (Å²) >= 11 is 2.12. The highest BCUT2D eigenvalue weighted by Gasteiger charge is 2.30. The molecule has 0 bridgehead atoms. The molecule has 2 heteroatoms. The Morgan fingerprint density at radius 3 is 2.42 bits per heavy atom. The van der Waals surface area contributed by atoms with Gasteiger partial charge in [-0.2, -0.15) is 0 Å². The third-order valence-corrected chi connectivity index (χ3v) is 3.69. The molecular weight excluding hydrogens is 166 g/mol. The van der Waals surface area contributed by atoms with Gasteiger partial charge in [0.1, 0.15) is 0 Å². The van der Waals surface area contributed by atoms with Gasteiger partial charge in [-0.1, -0.05) is 13.8 Å². The largest absolute Gasteiger partial charge is 0.315 e. The van der Waals surface area contributed by atoms with Crippen LogP contribution in [0.15, 0.2) is 0 Å². The standard InChI is InChI=1S/C10H21NS/c1-9(2)6-5-7-11-8-10(3,4)12-9/h11H,5-8H2,1-4H3. The molecule has 72 valence electrons. The molecule has 0 aromatic heterocycles. The maximum atomic E-state index is 3.49. The van der Waals surface area contributed by atoms with Crippen LogP contribution in [0.2, 0.25) is 0 Å². The van der Waals surface area contributed by atoms with Crippen LogP contribution in [0.25, 0.3) is 0 Å². The van der Waals surface area contributed by atoms with E-state index < -0.39 is 0 Å². The van der Waals surface area contributed by atoms with Crippen LogP contribution in [0, 0.1) is 0 Å². The zero-order chi connectivity index (χ0) is 9.24. The molecule has 0 aromatic rings. The van der Waals surface area contributed by atoms with Crippen molar-refractivity contribution in [1.82, 2.24) is 5.32 Å². The molecule has 0 saturated carbocycles. The molecule has 1 rings (SSSR count). The third kappa shape index (κ3) is 3.36. The molecule has 1 fully saturated rings. The minimum Gasteiger partial charge on any atom is -0.315 e. The Morgan fingerprint density at radius 1 is 1.08 bits per heavy atom. The van der Waals surface area contributed by atoms with Gasteiger partial charge in [0.2, 0.25) is 0 Å². The van der Waals surface area contributed by atoms with Crippen molar-refractivity contribution in [2.75, 3.05) is 13.1 Å². The molecule has 1 aliphatic rings. The number of hydrogen-bond donors (Lipinski definition) is 1. The second-order valence-electron chi connectivity index (χ2n) is 4.90. The average Bonchev–Trinajstić information content (AvgIpc) is 1.80. The van der Waals surface area contributed by atoms with Crippen LogP contribution in [0.3, 0.4) is 0 Å². The van der Waals surface area contributed by atoms with Crippen LogP contribution >= 0.6 is 11.8 Å². The lowest BCUT2D eigenvalue weighted by molar-refractivity contribution is 0.503. The fourth-order valence-electron chi connectivity index (χ4n) is 1.86. The Morgan fingerprint density at radius 2 is 1.75 bits per heavy atom. The van der Waals surface area contributed by atoms with E-state index in [1.807, 2.05) is 0 Å². The first-order chi connectivity index (χ1) is 5.41. The first-order valence-electron chi connectivity index (χ1n) is 4.82. The van der Waals surface area contributed by atoms with E-state index in [1.165, 1.54) is 19.4 Å². The number of rotatable bonds is 0. The zero-order valence-corrected chi connectivity index (χ0v) is 9.55. The van der Waals surface area contributed by atoms with Gasteiger partial charge in [0.25, 0.3) is 0 Å². The van der Waals surface area contributed by atoms with Crippen LogP contribution in [-0.2, 0) is 0 Å². The highest BCUT2D eigenvalue weighted by Crippen LogP contribution is 2.39. The van der Waals surface area contributed by atoms with Gasteiger partial charge in [0.05, 0.1) is 0 Å². The van der Waals surface area contributed by atoms with Crippen LogP contribution in [-0.4, -0.2) is 22.6 Å². The summed E-state index contributed by atoms with van der Waals surface area (Å²) in [6.45, 7) is 11.7. The van der Waals surface area contributed by atoms with E-state index in [0.29, 0.717) is 9.49 Å². The minimum atomic E-state index is 0.393. The number of thioether (sulfide) groups is 1. The van der Waals surface area contributed by atoms with Crippen molar-refractivity contribution in [3.05, 3.63) is 0 Å². The van der Waals surface area contributed by atoms with Gasteiger partial charge in [0, 0.05) is 16.0 Å². The number of nitrogens with one attached hydrogen (secondary N) is 1. The van der Waals surface area contributed by atoms with Crippen LogP contribution in [0.5, 0.6) is 0 Å². The summed E-state index contributed by atoms with van der Waals surface area (Å²) in [5.41, 5.74) is 0. The summed E-state index contributed by atoms with van der Waals surface area (Å²) in [5.74, 6) is 0. The average molecular weight is 187 g/mol. The number of hydrogen-bond acceptors (Lipinski definition) is 2. The lowest BCUT2D eigenvalue weighted by Gasteiger charge is -2.37. The van der Waals surface area contributed by atoms with Crippen LogP contribution in [0.1, 0.15) is 40.5 Å². The van der Waals surface area contributed by atoms with Crippen molar-refractivity contribution < 1.29 is 0 Å². The molecule has 0 unspecified atom stereocenters. The van der Waals surface area contributed by atoms with Gasteiger partial charge in [0.15, 0.2) is 0 Å². The van der Waals surface area contributed by atoms with Gasteiger partial charge in [-0.15, -0.1) is 11.8 Å². The molecule has 1 saturated heterocycles. The van der Waals surface area contributed by atoms with Crippen molar-refractivity contribution in [1.29, 1.82) is 0 Å². The molecule has 0 aromatic carbocycles. The van der Waals surface area contributed by atoms with Gasteiger partial charge in [-0.25, -0.2) is 0 Å². The first kappa shape index (κ1) is 10.4. The summed E-state index contributed by atoms with van der Waals surface area (Å²) in [4.78, 5) is 0. The molecule has 0 amide bonds. The van der Waals surface area contributed by atoms with E-state index in [4.69, 9.17) is 0 Å². The van der Waals surface area contributed by atoms with Crippen LogP contribution in [0.4, 0.5) is 0 Å². The first-order valence-corrected chi connectivity index (χ1v) is 5.64. The van der Waals surface area contributed by atoms with Crippen molar-refractivity contribution >= 4 is 11.8 Å². The van der Waals surface area contributed by atoms with Crippen molar-refractivity contribution in [3.63, 3.8) is 0 Å². The minimum absolute atomic E-state index is 0.393. The molecule has 0 atom stereocenters. The summed E-state index contributed by atoms with van der Waals surface area (Å²) in [6.07, 6.45) is 2.64. The Labute approximate surface area is 80.7 Å². The Kier molecular flexibility index (Phi) is 3.11. The Bertz CT molecular complexity index is 136. The normalized spacial score (nSPS) is 29.0. The molecule has 0 spiro atoms. The lowest BCUT2D eigenvalue weighted by Crippen LogP contribution is -2.39. The summed E-state index contributed by atoms with van der Waals surface area (Å²) in [7, 11) is 0. The van der Waals surface area contributed by atoms with Gasteiger partial charge < -0.3 is 5.32 Å². The van der Waals surface area contributed by atoms with Gasteiger partial charge in [-0.05, 0) is 33.2 Å². The summed E-state index contributed by atoms with van der Waals surface area (Å²) < 4.78 is 0.857. The Balaban J connectivity index is 2.58. The molecular formula is C10H21NS. The van der Waals surface area contributed by atoms with Gasteiger partial charge in [-0.3, -0.25) is 0 Å². The van der Waals surface area contributed by atoms with Crippen molar-refractivity contribution in [3.8, 4) is 0 Å². The second-order valence-corrected chi connectivity index (χ2v) is 7.32. The van der Waals surface area contributed by atoms with E-state index in [0.717, 1.165) is 6.54 Å². The molecule has 1 aliphatic heterocycles. The van der Waals surface area contributed by atoms with E-state index in [9.17, 15) is 0 Å². The molecule has 0 aliphatic carbocycles. The summed E-state index contributed by atoms with van der Waals surface area (Å²) in [5, 5.41) is 3.49. The van der Waals surface area contributed by atoms with E-state index in [2.05, 4.69) is 44.8 Å². The topological polar surface area (TPSA) is 12.0 Å². The summed E-state index contributed by atoms with van der Waals surface area (Å²) in [6, 6.07) is 0. The van der Waals surface area contributed by atoms with Crippen molar-refractivity contribution in [2.24, 2.45) is 0 Å². The fraction of sp³-hybridized carbons (Fsp3) is 1.00. The third-order valence-electron chi connectivity index (χ3n) is 2.24. The van der Waals surface area contributed by atoms with E-state index >= 15 is 0 Å². The van der Waals surface area contributed by atoms with E-state index in [1.54, 1.807) is 0 Å². The second kappa shape index (κ2) is 3.59. The SMILES string of the molecule is CC1(C)CCCNCC(C)(C)S1. The maximum absolute atomic E-state index is 3.49. The quantitative estimate of drug-likeness (QED) is 0.626. The maximum Gasteiger partial charge on any atom is 0.0233 e. The Hall–Kier alpha value is 0.310. The van der Waals surface area contributed by atoms with Crippen LogP contribution < -0.4 is 5.32 Å².